The lowest BCUT2D eigenvalue weighted by atomic mass is 10.2. The first kappa shape index (κ1) is 14.3. The number of hydrogen-bond acceptors (Lipinski definition) is 2. The first-order chi connectivity index (χ1) is 9.56. The number of rotatable bonds is 6. The Balaban J connectivity index is 1.82. The summed E-state index contributed by atoms with van der Waals surface area (Å²) in [4.78, 5) is 22.3. The van der Waals surface area contributed by atoms with Crippen LogP contribution in [0.3, 0.4) is 0 Å². The topological polar surface area (TPSA) is 78.4 Å². The van der Waals surface area contributed by atoms with Crippen molar-refractivity contribution in [3.8, 4) is 0 Å². The van der Waals surface area contributed by atoms with E-state index in [4.69, 9.17) is 5.11 Å². The first-order valence-corrected chi connectivity index (χ1v) is 6.64. The molecule has 3 N–H and O–H groups in total. The van der Waals surface area contributed by atoms with Crippen LogP contribution in [0.5, 0.6) is 0 Å². The molecule has 0 spiro atoms. The zero-order chi connectivity index (χ0) is 14.5. The van der Waals surface area contributed by atoms with Crippen LogP contribution in [0.4, 0.5) is 14.9 Å². The van der Waals surface area contributed by atoms with Crippen molar-refractivity contribution in [2.24, 2.45) is 5.92 Å². The molecule has 0 bridgehead atoms. The molecule has 0 unspecified atom stereocenters. The molecule has 1 saturated carbocycles. The molecule has 0 radical (unpaired) electrons. The molecule has 0 saturated heterocycles. The second kappa shape index (κ2) is 6.36. The van der Waals surface area contributed by atoms with Gasteiger partial charge < -0.3 is 15.7 Å². The number of carbonyl (C=O) groups excluding carboxylic acids is 1. The van der Waals surface area contributed by atoms with Gasteiger partial charge in [-0.3, -0.25) is 0 Å². The van der Waals surface area contributed by atoms with Gasteiger partial charge in [0.05, 0.1) is 11.3 Å². The summed E-state index contributed by atoms with van der Waals surface area (Å²) in [5, 5.41) is 13.8. The van der Waals surface area contributed by atoms with E-state index in [0.717, 1.165) is 37.0 Å². The molecule has 20 heavy (non-hydrogen) atoms. The number of carboxylic acids is 1. The van der Waals surface area contributed by atoms with Crippen LogP contribution in [0, 0.1) is 11.7 Å². The molecule has 1 aliphatic carbocycles. The van der Waals surface area contributed by atoms with Crippen LogP contribution in [0.15, 0.2) is 18.2 Å². The van der Waals surface area contributed by atoms with Gasteiger partial charge in [0.15, 0.2) is 0 Å². The summed E-state index contributed by atoms with van der Waals surface area (Å²) in [6.45, 7) is 0.530. The van der Waals surface area contributed by atoms with Crippen LogP contribution >= 0.6 is 0 Å². The summed E-state index contributed by atoms with van der Waals surface area (Å²) in [5.74, 6) is -1.02. The quantitative estimate of drug-likeness (QED) is 0.701. The predicted molar refractivity (Wildman–Crippen MR) is 72.3 cm³/mol. The van der Waals surface area contributed by atoms with E-state index in [1.165, 1.54) is 12.8 Å². The highest BCUT2D eigenvalue weighted by Crippen LogP contribution is 2.33. The summed E-state index contributed by atoms with van der Waals surface area (Å²) in [7, 11) is 0. The number of halogens is 1. The van der Waals surface area contributed by atoms with Gasteiger partial charge in [0.1, 0.15) is 5.82 Å². The SMILES string of the molecule is O=C(NCCCC1CC1)Nc1cc(C(=O)O)ccc1F. The number of amides is 2. The zero-order valence-corrected chi connectivity index (χ0v) is 11.0. The minimum atomic E-state index is -1.17. The van der Waals surface area contributed by atoms with E-state index in [1.54, 1.807) is 0 Å². The number of aromatic carboxylic acids is 1. The molecule has 1 aromatic rings. The van der Waals surface area contributed by atoms with Crippen molar-refractivity contribution in [1.82, 2.24) is 5.32 Å². The molecule has 5 nitrogen and oxygen atoms in total. The van der Waals surface area contributed by atoms with Crippen molar-refractivity contribution in [3.05, 3.63) is 29.6 Å². The minimum Gasteiger partial charge on any atom is -0.478 e. The maximum Gasteiger partial charge on any atom is 0.335 e. The predicted octanol–water partition coefficient (Wildman–Crippen LogP) is 2.84. The van der Waals surface area contributed by atoms with E-state index in [0.29, 0.717) is 6.54 Å². The van der Waals surface area contributed by atoms with Gasteiger partial charge in [-0.2, -0.15) is 0 Å². The fraction of sp³-hybridized carbons (Fsp3) is 0.429. The first-order valence-electron chi connectivity index (χ1n) is 6.64. The Morgan fingerprint density at radius 3 is 2.75 bits per heavy atom. The van der Waals surface area contributed by atoms with Crippen LogP contribution in [-0.4, -0.2) is 23.7 Å². The number of hydrogen-bond donors (Lipinski definition) is 3. The second-order valence-electron chi connectivity index (χ2n) is 4.97. The molecule has 1 aliphatic rings. The summed E-state index contributed by atoms with van der Waals surface area (Å²) < 4.78 is 13.5. The van der Waals surface area contributed by atoms with Gasteiger partial charge >= 0.3 is 12.0 Å². The van der Waals surface area contributed by atoms with Crippen molar-refractivity contribution in [3.63, 3.8) is 0 Å². The number of anilines is 1. The van der Waals surface area contributed by atoms with E-state index < -0.39 is 17.8 Å². The Morgan fingerprint density at radius 1 is 1.35 bits per heavy atom. The molecule has 0 heterocycles. The summed E-state index contributed by atoms with van der Waals surface area (Å²) >= 11 is 0. The fourth-order valence-electron chi connectivity index (χ4n) is 1.92. The smallest absolute Gasteiger partial charge is 0.335 e. The number of nitrogens with one attached hydrogen (secondary N) is 2. The van der Waals surface area contributed by atoms with Gasteiger partial charge in [-0.15, -0.1) is 0 Å². The van der Waals surface area contributed by atoms with Crippen molar-refractivity contribution < 1.29 is 19.1 Å². The van der Waals surface area contributed by atoms with Gasteiger partial charge in [0.25, 0.3) is 0 Å². The molecule has 2 amide bonds. The molecule has 1 aromatic carbocycles. The maximum absolute atomic E-state index is 13.5. The lowest BCUT2D eigenvalue weighted by Crippen LogP contribution is -2.30. The summed E-state index contributed by atoms with van der Waals surface area (Å²) in [6, 6.07) is 2.74. The average molecular weight is 280 g/mol. The normalized spacial score (nSPS) is 13.8. The lowest BCUT2D eigenvalue weighted by Gasteiger charge is -2.09. The van der Waals surface area contributed by atoms with Crippen LogP contribution in [0.2, 0.25) is 0 Å². The molecular formula is C14H17FN2O3. The average Bonchev–Trinajstić information content (AvgIpc) is 3.21. The van der Waals surface area contributed by atoms with Crippen molar-refractivity contribution in [2.75, 3.05) is 11.9 Å². The Kier molecular flexibility index (Phi) is 4.55. The van der Waals surface area contributed by atoms with E-state index in [9.17, 15) is 14.0 Å². The lowest BCUT2D eigenvalue weighted by molar-refractivity contribution is 0.0697. The third-order valence-electron chi connectivity index (χ3n) is 3.23. The van der Waals surface area contributed by atoms with Gasteiger partial charge in [-0.1, -0.05) is 12.8 Å². The van der Waals surface area contributed by atoms with Gasteiger partial charge in [-0.25, -0.2) is 14.0 Å². The molecule has 0 aromatic heterocycles. The highest BCUT2D eigenvalue weighted by molar-refractivity contribution is 5.93. The molecule has 108 valence electrons. The fourth-order valence-corrected chi connectivity index (χ4v) is 1.92. The molecule has 6 heteroatoms. The number of benzene rings is 1. The van der Waals surface area contributed by atoms with E-state index in [2.05, 4.69) is 10.6 Å². The third-order valence-corrected chi connectivity index (χ3v) is 3.23. The molecule has 0 aliphatic heterocycles. The van der Waals surface area contributed by atoms with Gasteiger partial charge in [0.2, 0.25) is 0 Å². The van der Waals surface area contributed by atoms with Crippen molar-refractivity contribution in [2.45, 2.75) is 25.7 Å². The largest absolute Gasteiger partial charge is 0.478 e. The molecular weight excluding hydrogens is 263 g/mol. The van der Waals surface area contributed by atoms with Crippen molar-refractivity contribution in [1.29, 1.82) is 0 Å². The van der Waals surface area contributed by atoms with E-state index >= 15 is 0 Å². The van der Waals surface area contributed by atoms with Crippen LogP contribution < -0.4 is 10.6 Å². The number of carbonyl (C=O) groups is 2. The Labute approximate surface area is 116 Å². The highest BCUT2D eigenvalue weighted by Gasteiger charge is 2.20. The number of carboxylic acid groups (broad SMARTS) is 1. The van der Waals surface area contributed by atoms with Gasteiger partial charge in [-0.05, 0) is 37.0 Å². The van der Waals surface area contributed by atoms with Gasteiger partial charge in [0, 0.05) is 6.54 Å². The van der Waals surface area contributed by atoms with Crippen LogP contribution in [0.25, 0.3) is 0 Å². The number of urea groups is 1. The highest BCUT2D eigenvalue weighted by atomic mass is 19.1. The minimum absolute atomic E-state index is 0.0737. The zero-order valence-electron chi connectivity index (χ0n) is 11.0. The third kappa shape index (κ3) is 4.22. The Hall–Kier alpha value is -2.11. The summed E-state index contributed by atoms with van der Waals surface area (Å²) in [5.41, 5.74) is -0.208. The monoisotopic (exact) mass is 280 g/mol. The Morgan fingerprint density at radius 2 is 2.10 bits per heavy atom. The maximum atomic E-state index is 13.5. The van der Waals surface area contributed by atoms with Crippen LogP contribution in [-0.2, 0) is 0 Å². The van der Waals surface area contributed by atoms with E-state index in [-0.39, 0.29) is 11.3 Å². The summed E-state index contributed by atoms with van der Waals surface area (Å²) in [6.07, 6.45) is 4.55. The molecule has 1 fully saturated rings. The molecule has 0 atom stereocenters. The van der Waals surface area contributed by atoms with Crippen molar-refractivity contribution >= 4 is 17.7 Å². The molecule has 2 rings (SSSR count). The standard InChI is InChI=1S/C14H17FN2O3/c15-11-6-5-10(13(18)19)8-12(11)17-14(20)16-7-1-2-9-3-4-9/h5-6,8-9H,1-4,7H2,(H,18,19)(H2,16,17,20). The second-order valence-corrected chi connectivity index (χ2v) is 4.97. The van der Waals surface area contributed by atoms with Crippen LogP contribution in [0.1, 0.15) is 36.0 Å². The van der Waals surface area contributed by atoms with E-state index in [1.807, 2.05) is 0 Å². The Bertz CT molecular complexity index is 515.